The number of halogens is 3. The average molecular weight is 217 g/mol. The zero-order valence-corrected chi connectivity index (χ0v) is 7.96. The van der Waals surface area contributed by atoms with Gasteiger partial charge in [0.25, 0.3) is 0 Å². The molecule has 1 aromatic rings. The molecule has 1 aromatic heterocycles. The predicted molar refractivity (Wildman–Crippen MR) is 46.9 cm³/mol. The summed E-state index contributed by atoms with van der Waals surface area (Å²) in [6.07, 6.45) is -2.19. The van der Waals surface area contributed by atoms with Crippen molar-refractivity contribution in [2.24, 2.45) is 0 Å². The normalized spacial score (nSPS) is 17.5. The molecule has 0 aromatic carbocycles. The fourth-order valence-corrected chi connectivity index (χ4v) is 1.39. The van der Waals surface area contributed by atoms with Crippen LogP contribution in [0, 0.1) is 0 Å². The summed E-state index contributed by atoms with van der Waals surface area (Å²) in [5, 5.41) is 0. The van der Waals surface area contributed by atoms with Crippen molar-refractivity contribution in [3.63, 3.8) is 0 Å². The van der Waals surface area contributed by atoms with Crippen LogP contribution >= 0.6 is 0 Å². The number of rotatable bonds is 2. The predicted octanol–water partition coefficient (Wildman–Crippen LogP) is 1.70. The lowest BCUT2D eigenvalue weighted by molar-refractivity contribution is -0.145. The van der Waals surface area contributed by atoms with Gasteiger partial charge in [0.05, 0.1) is 5.69 Å². The Hall–Kier alpha value is -1.17. The minimum atomic E-state index is -4.45. The van der Waals surface area contributed by atoms with Crippen LogP contribution in [0.2, 0.25) is 0 Å². The number of hydrogen-bond acceptors (Lipinski definition) is 3. The third kappa shape index (κ3) is 2.44. The van der Waals surface area contributed by atoms with Gasteiger partial charge in [0.15, 0.2) is 0 Å². The Bertz CT molecular complexity index is 347. The van der Waals surface area contributed by atoms with Crippen molar-refractivity contribution in [3.8, 4) is 0 Å². The van der Waals surface area contributed by atoms with E-state index in [0.717, 1.165) is 25.7 Å². The Morgan fingerprint density at radius 1 is 1.33 bits per heavy atom. The average Bonchev–Trinajstić information content (AvgIpc) is 2.11. The Labute approximate surface area is 84.9 Å². The van der Waals surface area contributed by atoms with E-state index in [2.05, 4.69) is 9.97 Å². The van der Waals surface area contributed by atoms with Gasteiger partial charge in [-0.05, 0) is 25.6 Å². The van der Waals surface area contributed by atoms with Gasteiger partial charge in [0.2, 0.25) is 5.82 Å². The fraction of sp³-hybridized carbons (Fsp3) is 0.556. The molecule has 0 unspecified atom stereocenters. The van der Waals surface area contributed by atoms with Gasteiger partial charge in [-0.25, -0.2) is 9.97 Å². The second-order valence-electron chi connectivity index (χ2n) is 3.50. The highest BCUT2D eigenvalue weighted by Gasteiger charge is 2.34. The number of alkyl halides is 3. The Balaban J connectivity index is 2.11. The van der Waals surface area contributed by atoms with E-state index in [0.29, 0.717) is 12.2 Å². The van der Waals surface area contributed by atoms with Crippen molar-refractivity contribution >= 4 is 0 Å². The lowest BCUT2D eigenvalue weighted by atomic mass is 10.2. The second kappa shape index (κ2) is 3.77. The van der Waals surface area contributed by atoms with Crippen molar-refractivity contribution in [1.29, 1.82) is 0 Å². The first kappa shape index (κ1) is 10.4. The van der Waals surface area contributed by atoms with Crippen LogP contribution in [0.3, 0.4) is 0 Å². The van der Waals surface area contributed by atoms with Gasteiger partial charge < -0.3 is 0 Å². The number of likely N-dealkylation sites (tertiary alicyclic amines) is 1. The molecule has 0 atom stereocenters. The molecule has 0 spiro atoms. The molecule has 2 rings (SSSR count). The minimum Gasteiger partial charge on any atom is -0.297 e. The molecule has 0 N–H and O–H groups in total. The summed E-state index contributed by atoms with van der Waals surface area (Å²) in [6, 6.07) is 1.52. The van der Waals surface area contributed by atoms with E-state index in [-0.39, 0.29) is 0 Å². The highest BCUT2D eigenvalue weighted by atomic mass is 19.4. The maximum atomic E-state index is 12.3. The molecule has 1 aliphatic rings. The first-order chi connectivity index (χ1) is 7.05. The first-order valence-electron chi connectivity index (χ1n) is 4.67. The van der Waals surface area contributed by atoms with E-state index in [1.165, 1.54) is 6.07 Å². The quantitative estimate of drug-likeness (QED) is 0.755. The van der Waals surface area contributed by atoms with Crippen molar-refractivity contribution in [1.82, 2.24) is 14.9 Å². The summed E-state index contributed by atoms with van der Waals surface area (Å²) < 4.78 is 36.8. The summed E-state index contributed by atoms with van der Waals surface area (Å²) in [5.74, 6) is -1.06. The highest BCUT2D eigenvalue weighted by Crippen LogP contribution is 2.25. The second-order valence-corrected chi connectivity index (χ2v) is 3.50. The molecule has 1 fully saturated rings. The van der Waals surface area contributed by atoms with E-state index in [1.807, 2.05) is 4.90 Å². The molecule has 6 heteroatoms. The molecule has 2 heterocycles. The zero-order chi connectivity index (χ0) is 10.9. The van der Waals surface area contributed by atoms with Gasteiger partial charge in [-0.15, -0.1) is 0 Å². The summed E-state index contributed by atoms with van der Waals surface area (Å²) in [5.41, 5.74) is 0.428. The Morgan fingerprint density at radius 3 is 2.60 bits per heavy atom. The Morgan fingerprint density at radius 2 is 2.07 bits per heavy atom. The van der Waals surface area contributed by atoms with Crippen LogP contribution < -0.4 is 0 Å². The van der Waals surface area contributed by atoms with Gasteiger partial charge in [-0.3, -0.25) is 4.90 Å². The van der Waals surface area contributed by atoms with Crippen molar-refractivity contribution in [2.75, 3.05) is 13.1 Å². The SMILES string of the molecule is FC(F)(F)c1nccc(CN2CCC2)n1. The van der Waals surface area contributed by atoms with Gasteiger partial charge in [-0.1, -0.05) is 0 Å². The van der Waals surface area contributed by atoms with E-state index in [9.17, 15) is 13.2 Å². The van der Waals surface area contributed by atoms with Crippen LogP contribution in [0.4, 0.5) is 13.2 Å². The van der Waals surface area contributed by atoms with Gasteiger partial charge in [-0.2, -0.15) is 13.2 Å². The summed E-state index contributed by atoms with van der Waals surface area (Å²) in [7, 11) is 0. The van der Waals surface area contributed by atoms with Crippen molar-refractivity contribution < 1.29 is 13.2 Å². The molecule has 0 radical (unpaired) electrons. The molecule has 3 nitrogen and oxygen atoms in total. The molecule has 0 aliphatic carbocycles. The van der Waals surface area contributed by atoms with Crippen LogP contribution in [0.1, 0.15) is 17.9 Å². The molecule has 15 heavy (non-hydrogen) atoms. The highest BCUT2D eigenvalue weighted by molar-refractivity contribution is 5.04. The number of hydrogen-bond donors (Lipinski definition) is 0. The van der Waals surface area contributed by atoms with Crippen LogP contribution in [0.5, 0.6) is 0 Å². The fourth-order valence-electron chi connectivity index (χ4n) is 1.39. The maximum Gasteiger partial charge on any atom is 0.451 e. The van der Waals surface area contributed by atoms with Gasteiger partial charge in [0.1, 0.15) is 0 Å². The van der Waals surface area contributed by atoms with Crippen LogP contribution in [-0.4, -0.2) is 28.0 Å². The molecule has 0 saturated carbocycles. The van der Waals surface area contributed by atoms with Gasteiger partial charge >= 0.3 is 6.18 Å². The minimum absolute atomic E-state index is 0.428. The number of nitrogens with zero attached hydrogens (tertiary/aromatic N) is 3. The van der Waals surface area contributed by atoms with E-state index < -0.39 is 12.0 Å². The van der Waals surface area contributed by atoms with Crippen LogP contribution in [0.25, 0.3) is 0 Å². The summed E-state index contributed by atoms with van der Waals surface area (Å²) in [6.45, 7) is 2.35. The zero-order valence-electron chi connectivity index (χ0n) is 7.96. The van der Waals surface area contributed by atoms with Crippen molar-refractivity contribution in [2.45, 2.75) is 19.1 Å². The molecular formula is C9H10F3N3. The Kier molecular flexibility index (Phi) is 2.60. The molecule has 0 bridgehead atoms. The summed E-state index contributed by atoms with van der Waals surface area (Å²) in [4.78, 5) is 8.74. The molecular weight excluding hydrogens is 207 g/mol. The standard InChI is InChI=1S/C9H10F3N3/c10-9(11,12)8-13-3-2-7(14-8)6-15-4-1-5-15/h2-3H,1,4-6H2. The maximum absolute atomic E-state index is 12.3. The third-order valence-electron chi connectivity index (χ3n) is 2.30. The van der Waals surface area contributed by atoms with Gasteiger partial charge in [0, 0.05) is 12.7 Å². The topological polar surface area (TPSA) is 29.0 Å². The van der Waals surface area contributed by atoms with Crippen molar-refractivity contribution in [3.05, 3.63) is 23.8 Å². The lowest BCUT2D eigenvalue weighted by Crippen LogP contribution is -2.36. The molecule has 0 amide bonds. The van der Waals surface area contributed by atoms with E-state index in [4.69, 9.17) is 0 Å². The molecule has 82 valence electrons. The monoisotopic (exact) mass is 217 g/mol. The van der Waals surface area contributed by atoms with E-state index in [1.54, 1.807) is 0 Å². The number of aromatic nitrogens is 2. The smallest absolute Gasteiger partial charge is 0.297 e. The first-order valence-corrected chi connectivity index (χ1v) is 4.67. The third-order valence-corrected chi connectivity index (χ3v) is 2.30. The van der Waals surface area contributed by atoms with E-state index >= 15 is 0 Å². The molecule has 1 saturated heterocycles. The lowest BCUT2D eigenvalue weighted by Gasteiger charge is -2.30. The summed E-state index contributed by atoms with van der Waals surface area (Å²) >= 11 is 0. The molecule has 1 aliphatic heterocycles. The van der Waals surface area contributed by atoms with Crippen LogP contribution in [0.15, 0.2) is 12.3 Å². The van der Waals surface area contributed by atoms with Crippen LogP contribution in [-0.2, 0) is 12.7 Å². The largest absolute Gasteiger partial charge is 0.451 e.